The number of ether oxygens (including phenoxy) is 3. The van der Waals surface area contributed by atoms with Crippen LogP contribution in [0.5, 0.6) is 11.6 Å². The molecule has 1 aromatic carbocycles. The fourth-order valence-corrected chi connectivity index (χ4v) is 3.91. The number of hydrogen-bond donors (Lipinski definition) is 1. The van der Waals surface area contributed by atoms with Crippen LogP contribution in [0, 0.1) is 0 Å². The lowest BCUT2D eigenvalue weighted by Crippen LogP contribution is -2.25. The van der Waals surface area contributed by atoms with Crippen molar-refractivity contribution in [2.24, 2.45) is 0 Å². The van der Waals surface area contributed by atoms with Crippen molar-refractivity contribution < 1.29 is 19.0 Å². The Hall–Kier alpha value is -2.80. The summed E-state index contributed by atoms with van der Waals surface area (Å²) in [5, 5.41) is 2.89. The van der Waals surface area contributed by atoms with Crippen LogP contribution < -0.4 is 19.7 Å². The predicted molar refractivity (Wildman–Crippen MR) is 114 cm³/mol. The summed E-state index contributed by atoms with van der Waals surface area (Å²) in [5.41, 5.74) is 2.16. The van der Waals surface area contributed by atoms with E-state index in [2.05, 4.69) is 15.2 Å². The van der Waals surface area contributed by atoms with Gasteiger partial charge in [-0.3, -0.25) is 4.79 Å². The number of amides is 1. The first-order valence-electron chi connectivity index (χ1n) is 10.6. The van der Waals surface area contributed by atoms with Gasteiger partial charge in [-0.2, -0.15) is 0 Å². The fourth-order valence-electron chi connectivity index (χ4n) is 3.91. The molecule has 1 aromatic heterocycles. The van der Waals surface area contributed by atoms with Crippen molar-refractivity contribution >= 4 is 11.6 Å². The Balaban J connectivity index is 1.32. The van der Waals surface area contributed by atoms with Crippen molar-refractivity contribution in [1.29, 1.82) is 0 Å². The van der Waals surface area contributed by atoms with Crippen molar-refractivity contribution in [1.82, 2.24) is 10.3 Å². The summed E-state index contributed by atoms with van der Waals surface area (Å²) in [5.74, 6) is 1.46. The number of nitrogens with zero attached hydrogens (tertiary/aromatic N) is 2. The molecular formula is C23H29N3O4. The third-order valence-electron chi connectivity index (χ3n) is 5.51. The molecule has 2 aromatic rings. The van der Waals surface area contributed by atoms with Gasteiger partial charge in [-0.05, 0) is 30.7 Å². The summed E-state index contributed by atoms with van der Waals surface area (Å²) in [6, 6.07) is 11.9. The van der Waals surface area contributed by atoms with Crippen molar-refractivity contribution in [3.05, 3.63) is 48.2 Å². The molecule has 0 radical (unpaired) electrons. The van der Waals surface area contributed by atoms with Crippen LogP contribution in [0.1, 0.15) is 38.3 Å². The van der Waals surface area contributed by atoms with Crippen molar-refractivity contribution in [3.63, 3.8) is 0 Å². The number of benzene rings is 1. The van der Waals surface area contributed by atoms with E-state index in [1.54, 1.807) is 6.20 Å². The number of hydrogen-bond acceptors (Lipinski definition) is 6. The maximum absolute atomic E-state index is 11.2. The van der Waals surface area contributed by atoms with Gasteiger partial charge in [-0.1, -0.05) is 12.1 Å². The van der Waals surface area contributed by atoms with E-state index < -0.39 is 0 Å². The maximum atomic E-state index is 11.2. The largest absolute Gasteiger partial charge is 0.489 e. The van der Waals surface area contributed by atoms with Crippen molar-refractivity contribution in [2.75, 3.05) is 31.2 Å². The first kappa shape index (κ1) is 20.5. The molecule has 30 heavy (non-hydrogen) atoms. The monoisotopic (exact) mass is 411 g/mol. The Morgan fingerprint density at radius 1 is 1.20 bits per heavy atom. The first-order valence-corrected chi connectivity index (χ1v) is 10.6. The topological polar surface area (TPSA) is 72.9 Å². The molecule has 7 heteroatoms. The van der Waals surface area contributed by atoms with E-state index in [4.69, 9.17) is 14.2 Å². The van der Waals surface area contributed by atoms with E-state index in [-0.39, 0.29) is 24.2 Å². The summed E-state index contributed by atoms with van der Waals surface area (Å²) >= 11 is 0. The molecule has 2 fully saturated rings. The Bertz CT molecular complexity index is 852. The molecule has 0 aliphatic carbocycles. The van der Waals surface area contributed by atoms with Gasteiger partial charge >= 0.3 is 0 Å². The molecule has 1 amide bonds. The molecule has 3 atom stereocenters. The van der Waals surface area contributed by atoms with Gasteiger partial charge in [-0.15, -0.1) is 0 Å². The minimum absolute atomic E-state index is 0.0163. The average Bonchev–Trinajstić information content (AvgIpc) is 3.40. The van der Waals surface area contributed by atoms with Gasteiger partial charge in [0.25, 0.3) is 0 Å². The molecule has 2 aliphatic heterocycles. The van der Waals surface area contributed by atoms with E-state index in [0.717, 1.165) is 49.5 Å². The number of aromatic nitrogens is 1. The second-order valence-electron chi connectivity index (χ2n) is 7.92. The highest BCUT2D eigenvalue weighted by Crippen LogP contribution is 2.27. The lowest BCUT2D eigenvalue weighted by molar-refractivity contribution is -0.119. The highest BCUT2D eigenvalue weighted by atomic mass is 16.5. The third kappa shape index (κ3) is 5.21. The van der Waals surface area contributed by atoms with Gasteiger partial charge in [0.2, 0.25) is 11.8 Å². The minimum atomic E-state index is -0.0323. The number of nitrogens with one attached hydrogen (secondary N) is 1. The molecule has 160 valence electrons. The highest BCUT2D eigenvalue weighted by molar-refractivity contribution is 5.73. The SMILES string of the molecule is CC(=O)N[C@@H](C)c1ccc(O[C@@H]2CCN(c3ccnc(O[C@H]4CCOC4)c3)C2)cc1. The zero-order valence-corrected chi connectivity index (χ0v) is 17.5. The lowest BCUT2D eigenvalue weighted by atomic mass is 10.1. The highest BCUT2D eigenvalue weighted by Gasteiger charge is 2.25. The molecule has 3 heterocycles. The fraction of sp³-hybridized carbons (Fsp3) is 0.478. The van der Waals surface area contributed by atoms with Gasteiger partial charge in [0.1, 0.15) is 18.0 Å². The number of anilines is 1. The quantitative estimate of drug-likeness (QED) is 0.755. The smallest absolute Gasteiger partial charge is 0.217 e. The van der Waals surface area contributed by atoms with Gasteiger partial charge in [0, 0.05) is 44.3 Å². The normalized spacial score (nSPS) is 22.0. The van der Waals surface area contributed by atoms with Crippen LogP contribution in [0.3, 0.4) is 0 Å². The maximum Gasteiger partial charge on any atom is 0.217 e. The molecule has 1 N–H and O–H groups in total. The summed E-state index contributed by atoms with van der Waals surface area (Å²) in [6.07, 6.45) is 3.89. The molecule has 7 nitrogen and oxygen atoms in total. The van der Waals surface area contributed by atoms with E-state index >= 15 is 0 Å². The van der Waals surface area contributed by atoms with Crippen LogP contribution >= 0.6 is 0 Å². The van der Waals surface area contributed by atoms with Crippen LogP contribution in [-0.2, 0) is 9.53 Å². The lowest BCUT2D eigenvalue weighted by Gasteiger charge is -2.20. The molecule has 0 bridgehead atoms. The molecule has 0 unspecified atom stereocenters. The molecule has 4 rings (SSSR count). The van der Waals surface area contributed by atoms with Gasteiger partial charge in [0.05, 0.1) is 25.8 Å². The number of carbonyl (C=O) groups is 1. The summed E-state index contributed by atoms with van der Waals surface area (Å²) in [4.78, 5) is 17.9. The van der Waals surface area contributed by atoms with E-state index in [0.29, 0.717) is 12.5 Å². The Labute approximate surface area is 177 Å². The van der Waals surface area contributed by atoms with Crippen molar-refractivity contribution in [3.8, 4) is 11.6 Å². The van der Waals surface area contributed by atoms with Crippen LogP contribution in [0.4, 0.5) is 5.69 Å². The second kappa shape index (κ2) is 9.34. The van der Waals surface area contributed by atoms with Crippen LogP contribution in [0.15, 0.2) is 42.6 Å². The standard InChI is InChI=1S/C23H29N3O4/c1-16(25-17(2)27)18-3-5-20(6-4-18)29-21-8-11-26(14-21)19-7-10-24-23(13-19)30-22-9-12-28-15-22/h3-7,10,13,16,21-22H,8-9,11-12,14-15H2,1-2H3,(H,25,27)/t16-,21+,22-/m0/s1. The van der Waals surface area contributed by atoms with Crippen LogP contribution in [0.2, 0.25) is 0 Å². The van der Waals surface area contributed by atoms with Crippen LogP contribution in [-0.4, -0.2) is 49.4 Å². The first-order chi connectivity index (χ1) is 14.6. The Kier molecular flexibility index (Phi) is 6.38. The number of carbonyl (C=O) groups excluding carboxylic acids is 1. The van der Waals surface area contributed by atoms with E-state index in [1.807, 2.05) is 43.3 Å². The summed E-state index contributed by atoms with van der Waals surface area (Å²) < 4.78 is 17.5. The predicted octanol–water partition coefficient (Wildman–Crippen LogP) is 3.10. The Morgan fingerprint density at radius 2 is 2.03 bits per heavy atom. The molecule has 2 aliphatic rings. The van der Waals surface area contributed by atoms with Gasteiger partial charge in [-0.25, -0.2) is 4.98 Å². The number of rotatable bonds is 7. The molecule has 0 saturated carbocycles. The zero-order chi connectivity index (χ0) is 20.9. The minimum Gasteiger partial charge on any atom is -0.489 e. The van der Waals surface area contributed by atoms with E-state index in [9.17, 15) is 4.79 Å². The Morgan fingerprint density at radius 3 is 2.77 bits per heavy atom. The average molecular weight is 412 g/mol. The second-order valence-corrected chi connectivity index (χ2v) is 7.92. The summed E-state index contributed by atoms with van der Waals surface area (Å²) in [6.45, 7) is 6.63. The van der Waals surface area contributed by atoms with E-state index in [1.165, 1.54) is 6.92 Å². The zero-order valence-electron chi connectivity index (χ0n) is 17.5. The van der Waals surface area contributed by atoms with Crippen LogP contribution in [0.25, 0.3) is 0 Å². The number of pyridine rings is 1. The van der Waals surface area contributed by atoms with Gasteiger partial charge in [0.15, 0.2) is 0 Å². The molecular weight excluding hydrogens is 382 g/mol. The molecule has 0 spiro atoms. The third-order valence-corrected chi connectivity index (χ3v) is 5.51. The molecule has 2 saturated heterocycles. The summed E-state index contributed by atoms with van der Waals surface area (Å²) in [7, 11) is 0. The van der Waals surface area contributed by atoms with Crippen molar-refractivity contribution in [2.45, 2.75) is 44.9 Å². The van der Waals surface area contributed by atoms with Gasteiger partial charge < -0.3 is 24.4 Å².